The van der Waals surface area contributed by atoms with Crippen molar-refractivity contribution < 1.29 is 27.5 Å². The number of hydrogen-bond acceptors (Lipinski definition) is 6. The molecule has 3 N–H and O–H groups in total. The van der Waals surface area contributed by atoms with E-state index in [0.29, 0.717) is 6.42 Å². The summed E-state index contributed by atoms with van der Waals surface area (Å²) in [5.41, 5.74) is 0.0776. The fourth-order valence-electron chi connectivity index (χ4n) is 1.98. The lowest BCUT2D eigenvalue weighted by atomic mass is 10.2. The van der Waals surface area contributed by atoms with Crippen LogP contribution in [0.5, 0.6) is 0 Å². The number of carbonyl (C=O) groups excluding carboxylic acids is 3. The highest BCUT2D eigenvalue weighted by atomic mass is 32.2. The molecule has 9 nitrogen and oxygen atoms in total. The lowest BCUT2D eigenvalue weighted by molar-refractivity contribution is -0.127. The van der Waals surface area contributed by atoms with Crippen molar-refractivity contribution in [3.05, 3.63) is 29.8 Å². The van der Waals surface area contributed by atoms with Crippen molar-refractivity contribution in [3.8, 4) is 0 Å². The summed E-state index contributed by atoms with van der Waals surface area (Å²) < 4.78 is 32.0. The average Bonchev–Trinajstić information content (AvgIpc) is 2.60. The minimum absolute atomic E-state index is 0.0144. The number of rotatable bonds is 8. The third-order valence-corrected chi connectivity index (χ3v) is 5.28. The van der Waals surface area contributed by atoms with Gasteiger partial charge in [0, 0.05) is 12.1 Å². The summed E-state index contributed by atoms with van der Waals surface area (Å²) in [6.45, 7) is 8.39. The van der Waals surface area contributed by atoms with Crippen LogP contribution in [0.25, 0.3) is 0 Å². The zero-order valence-corrected chi connectivity index (χ0v) is 17.4. The predicted molar refractivity (Wildman–Crippen MR) is 103 cm³/mol. The van der Waals surface area contributed by atoms with Crippen LogP contribution in [0.2, 0.25) is 0 Å². The third kappa shape index (κ3) is 7.28. The molecule has 0 aromatic heterocycles. The number of benzene rings is 1. The van der Waals surface area contributed by atoms with Gasteiger partial charge in [-0.3, -0.25) is 10.1 Å². The molecule has 156 valence electrons. The summed E-state index contributed by atoms with van der Waals surface area (Å²) in [7, 11) is -3.68. The van der Waals surface area contributed by atoms with Gasteiger partial charge in [-0.1, -0.05) is 6.92 Å². The first kappa shape index (κ1) is 23.6. The van der Waals surface area contributed by atoms with Gasteiger partial charge in [-0.25, -0.2) is 22.7 Å². The van der Waals surface area contributed by atoms with Crippen LogP contribution < -0.4 is 15.4 Å². The Balaban J connectivity index is 2.72. The van der Waals surface area contributed by atoms with Crippen molar-refractivity contribution in [1.29, 1.82) is 0 Å². The molecule has 0 heterocycles. The molecule has 0 aliphatic rings. The number of hydrogen-bond donors (Lipinski definition) is 3. The van der Waals surface area contributed by atoms with Crippen LogP contribution in [0, 0.1) is 0 Å². The fourth-order valence-corrected chi connectivity index (χ4v) is 3.31. The molecular formula is C18H27N3O6S. The van der Waals surface area contributed by atoms with Crippen LogP contribution in [0.15, 0.2) is 29.2 Å². The maximum atomic E-state index is 12.2. The summed E-state index contributed by atoms with van der Waals surface area (Å²) in [5.74, 6) is -1.59. The minimum atomic E-state index is -3.68. The topological polar surface area (TPSA) is 131 Å². The van der Waals surface area contributed by atoms with E-state index in [4.69, 9.17) is 4.74 Å². The Hall–Kier alpha value is -2.46. The summed E-state index contributed by atoms with van der Waals surface area (Å²) >= 11 is 0. The SMILES string of the molecule is CC[C@@H](C)NS(=O)(=O)c1ccc(C(=O)O[C@@H](C)C(=O)NC(=O)NC(C)C)cc1. The molecule has 0 unspecified atom stereocenters. The molecule has 0 saturated heterocycles. The lowest BCUT2D eigenvalue weighted by Crippen LogP contribution is -2.46. The molecule has 28 heavy (non-hydrogen) atoms. The summed E-state index contributed by atoms with van der Waals surface area (Å²) in [6.07, 6.45) is -0.570. The Morgan fingerprint density at radius 3 is 2.11 bits per heavy atom. The Kier molecular flexibility index (Phi) is 8.58. The molecular weight excluding hydrogens is 386 g/mol. The molecule has 0 bridgehead atoms. The monoisotopic (exact) mass is 413 g/mol. The van der Waals surface area contributed by atoms with E-state index in [0.717, 1.165) is 0 Å². The highest BCUT2D eigenvalue weighted by molar-refractivity contribution is 7.89. The van der Waals surface area contributed by atoms with Gasteiger partial charge in [-0.15, -0.1) is 0 Å². The molecule has 10 heteroatoms. The van der Waals surface area contributed by atoms with Crippen LogP contribution in [-0.2, 0) is 19.6 Å². The second-order valence-electron chi connectivity index (χ2n) is 6.62. The number of sulfonamides is 1. The first-order chi connectivity index (χ1) is 13.0. The normalized spacial score (nSPS) is 13.5. The van der Waals surface area contributed by atoms with E-state index in [1.807, 2.05) is 6.92 Å². The van der Waals surface area contributed by atoms with E-state index >= 15 is 0 Å². The number of nitrogens with one attached hydrogen (secondary N) is 3. The number of esters is 1. The smallest absolute Gasteiger partial charge is 0.338 e. The lowest BCUT2D eigenvalue weighted by Gasteiger charge is -2.15. The van der Waals surface area contributed by atoms with Crippen molar-refractivity contribution in [2.24, 2.45) is 0 Å². The van der Waals surface area contributed by atoms with E-state index in [1.165, 1.54) is 31.2 Å². The Labute approximate surface area is 165 Å². The first-order valence-electron chi connectivity index (χ1n) is 8.91. The maximum Gasteiger partial charge on any atom is 0.338 e. The minimum Gasteiger partial charge on any atom is -0.449 e. The van der Waals surface area contributed by atoms with Gasteiger partial charge in [0.1, 0.15) is 0 Å². The molecule has 0 aliphatic carbocycles. The maximum absolute atomic E-state index is 12.2. The fraction of sp³-hybridized carbons (Fsp3) is 0.500. The standard InChI is InChI=1S/C18H27N3O6S/c1-6-12(4)21-28(25,26)15-9-7-14(8-10-15)17(23)27-13(5)16(22)20-18(24)19-11(2)3/h7-13,21H,6H2,1-5H3,(H2,19,20,22,24)/t12-,13+/m1/s1. The van der Waals surface area contributed by atoms with Gasteiger partial charge in [0.2, 0.25) is 10.0 Å². The molecule has 2 atom stereocenters. The van der Waals surface area contributed by atoms with Gasteiger partial charge in [-0.05, 0) is 58.4 Å². The number of urea groups is 1. The van der Waals surface area contributed by atoms with E-state index in [9.17, 15) is 22.8 Å². The van der Waals surface area contributed by atoms with Crippen LogP contribution in [0.4, 0.5) is 4.79 Å². The van der Waals surface area contributed by atoms with Crippen LogP contribution in [0.3, 0.4) is 0 Å². The van der Waals surface area contributed by atoms with Gasteiger partial charge in [-0.2, -0.15) is 0 Å². The molecule has 0 fully saturated rings. The van der Waals surface area contributed by atoms with Crippen LogP contribution >= 0.6 is 0 Å². The zero-order valence-electron chi connectivity index (χ0n) is 16.6. The summed E-state index contributed by atoms with van der Waals surface area (Å²) in [4.78, 5) is 35.5. The second-order valence-corrected chi connectivity index (χ2v) is 8.33. The van der Waals surface area contributed by atoms with Crippen molar-refractivity contribution >= 4 is 27.9 Å². The average molecular weight is 413 g/mol. The molecule has 0 aliphatic heterocycles. The molecule has 1 aromatic carbocycles. The summed E-state index contributed by atoms with van der Waals surface area (Å²) in [5, 5.41) is 4.54. The van der Waals surface area contributed by atoms with Gasteiger partial charge in [0.25, 0.3) is 5.91 Å². The van der Waals surface area contributed by atoms with Crippen LogP contribution in [0.1, 0.15) is 51.4 Å². The summed E-state index contributed by atoms with van der Waals surface area (Å²) in [6, 6.07) is 4.08. The van der Waals surface area contributed by atoms with Gasteiger partial charge < -0.3 is 10.1 Å². The van der Waals surface area contributed by atoms with Crippen molar-refractivity contribution in [3.63, 3.8) is 0 Å². The molecule has 1 aromatic rings. The van der Waals surface area contributed by atoms with Gasteiger partial charge in [0.05, 0.1) is 10.5 Å². The van der Waals surface area contributed by atoms with Gasteiger partial charge >= 0.3 is 12.0 Å². The number of amides is 3. The molecule has 3 amide bonds. The highest BCUT2D eigenvalue weighted by Crippen LogP contribution is 2.13. The number of imide groups is 1. The molecule has 1 rings (SSSR count). The predicted octanol–water partition coefficient (Wildman–Crippen LogP) is 1.54. The van der Waals surface area contributed by atoms with Gasteiger partial charge in [0.15, 0.2) is 6.10 Å². The third-order valence-electron chi connectivity index (χ3n) is 3.68. The quantitative estimate of drug-likeness (QED) is 0.554. The van der Waals surface area contributed by atoms with Crippen molar-refractivity contribution in [2.45, 2.75) is 64.1 Å². The van der Waals surface area contributed by atoms with E-state index in [2.05, 4.69) is 15.4 Å². The molecule has 0 saturated carbocycles. The largest absolute Gasteiger partial charge is 0.449 e. The number of ether oxygens (including phenoxy) is 1. The van der Waals surface area contributed by atoms with E-state index < -0.39 is 34.0 Å². The van der Waals surface area contributed by atoms with E-state index in [-0.39, 0.29) is 22.5 Å². The Bertz CT molecular complexity index is 805. The Morgan fingerprint density at radius 1 is 1.04 bits per heavy atom. The second kappa shape index (κ2) is 10.2. The van der Waals surface area contributed by atoms with Crippen molar-refractivity contribution in [1.82, 2.24) is 15.4 Å². The number of carbonyl (C=O) groups is 3. The molecule has 0 radical (unpaired) electrons. The van der Waals surface area contributed by atoms with Crippen molar-refractivity contribution in [2.75, 3.05) is 0 Å². The van der Waals surface area contributed by atoms with E-state index in [1.54, 1.807) is 20.8 Å². The van der Waals surface area contributed by atoms with Crippen LogP contribution in [-0.4, -0.2) is 44.5 Å². The first-order valence-corrected chi connectivity index (χ1v) is 10.4. The Morgan fingerprint density at radius 2 is 1.61 bits per heavy atom. The zero-order chi connectivity index (χ0) is 21.5. The molecule has 0 spiro atoms. The highest BCUT2D eigenvalue weighted by Gasteiger charge is 2.22.